The van der Waals surface area contributed by atoms with Gasteiger partial charge in [0.25, 0.3) is 5.91 Å². The summed E-state index contributed by atoms with van der Waals surface area (Å²) in [6.45, 7) is 3.00. The molecule has 0 spiro atoms. The summed E-state index contributed by atoms with van der Waals surface area (Å²) < 4.78 is 6.79. The number of rotatable bonds is 6. The molecule has 1 aromatic heterocycles. The molecule has 0 saturated carbocycles. The molecule has 1 aliphatic heterocycles. The number of nitrogens with zero attached hydrogens (tertiary/aromatic N) is 3. The standard InChI is InChI=1S/C21H27N3O3/c1-15(25)20-19(14-22-23(20)2)16-7-9-17(10-8-16)21(26)24-12-5-4-6-18(24)11-13-27-3/h7-10,14,18H,4-6,11-13H2,1-3H3. The van der Waals surface area contributed by atoms with Crippen LogP contribution in [-0.4, -0.2) is 52.7 Å². The Bertz CT molecular complexity index is 811. The second-order valence-corrected chi connectivity index (χ2v) is 7.09. The third kappa shape index (κ3) is 4.11. The monoisotopic (exact) mass is 369 g/mol. The maximum atomic E-state index is 13.0. The van der Waals surface area contributed by atoms with Gasteiger partial charge in [-0.2, -0.15) is 5.10 Å². The highest BCUT2D eigenvalue weighted by atomic mass is 16.5. The minimum Gasteiger partial charge on any atom is -0.385 e. The highest BCUT2D eigenvalue weighted by molar-refractivity contribution is 5.99. The van der Waals surface area contributed by atoms with E-state index in [1.54, 1.807) is 25.0 Å². The quantitative estimate of drug-likeness (QED) is 0.733. The van der Waals surface area contributed by atoms with Gasteiger partial charge in [0.1, 0.15) is 5.69 Å². The van der Waals surface area contributed by atoms with Gasteiger partial charge in [-0.1, -0.05) is 12.1 Å². The first-order chi connectivity index (χ1) is 13.0. The smallest absolute Gasteiger partial charge is 0.254 e. The van der Waals surface area contributed by atoms with Crippen molar-refractivity contribution in [2.75, 3.05) is 20.3 Å². The molecule has 1 amide bonds. The Morgan fingerprint density at radius 3 is 2.63 bits per heavy atom. The molecule has 1 aliphatic rings. The van der Waals surface area contributed by atoms with Crippen LogP contribution in [0.1, 0.15) is 53.5 Å². The van der Waals surface area contributed by atoms with Gasteiger partial charge < -0.3 is 9.64 Å². The SMILES string of the molecule is COCCC1CCCCN1C(=O)c1ccc(-c2cnn(C)c2C(C)=O)cc1. The van der Waals surface area contributed by atoms with E-state index in [0.717, 1.165) is 43.4 Å². The van der Waals surface area contributed by atoms with Gasteiger partial charge in [-0.15, -0.1) is 0 Å². The van der Waals surface area contributed by atoms with Crippen molar-refractivity contribution in [3.8, 4) is 11.1 Å². The number of benzene rings is 1. The van der Waals surface area contributed by atoms with Crippen LogP contribution in [0.4, 0.5) is 0 Å². The van der Waals surface area contributed by atoms with Crippen LogP contribution < -0.4 is 0 Å². The van der Waals surface area contributed by atoms with E-state index in [-0.39, 0.29) is 17.7 Å². The molecule has 6 heteroatoms. The van der Waals surface area contributed by atoms with E-state index in [1.165, 1.54) is 6.92 Å². The highest BCUT2D eigenvalue weighted by Gasteiger charge is 2.27. The van der Waals surface area contributed by atoms with Crippen molar-refractivity contribution in [2.45, 2.75) is 38.6 Å². The summed E-state index contributed by atoms with van der Waals surface area (Å²) in [5, 5.41) is 4.19. The average molecular weight is 369 g/mol. The van der Waals surface area contributed by atoms with Crippen molar-refractivity contribution in [1.29, 1.82) is 0 Å². The van der Waals surface area contributed by atoms with Gasteiger partial charge in [-0.05, 0) is 43.4 Å². The summed E-state index contributed by atoms with van der Waals surface area (Å²) in [6, 6.07) is 7.72. The average Bonchev–Trinajstić information content (AvgIpc) is 3.08. The van der Waals surface area contributed by atoms with Gasteiger partial charge in [0.15, 0.2) is 5.78 Å². The van der Waals surface area contributed by atoms with Gasteiger partial charge in [0.2, 0.25) is 0 Å². The molecule has 2 aromatic rings. The summed E-state index contributed by atoms with van der Waals surface area (Å²) in [5.41, 5.74) is 2.93. The lowest BCUT2D eigenvalue weighted by atomic mass is 9.97. The van der Waals surface area contributed by atoms with E-state index in [9.17, 15) is 9.59 Å². The number of ketones is 1. The number of amides is 1. The normalized spacial score (nSPS) is 17.1. The van der Waals surface area contributed by atoms with Crippen molar-refractivity contribution in [3.05, 3.63) is 41.7 Å². The minimum absolute atomic E-state index is 0.0283. The van der Waals surface area contributed by atoms with Gasteiger partial charge >= 0.3 is 0 Å². The van der Waals surface area contributed by atoms with E-state index in [2.05, 4.69) is 5.10 Å². The van der Waals surface area contributed by atoms with Crippen LogP contribution in [-0.2, 0) is 11.8 Å². The number of ether oxygens (including phenoxy) is 1. The predicted molar refractivity (Wildman–Crippen MR) is 104 cm³/mol. The van der Waals surface area contributed by atoms with Crippen molar-refractivity contribution in [1.82, 2.24) is 14.7 Å². The Balaban J connectivity index is 1.80. The number of hydrogen-bond donors (Lipinski definition) is 0. The van der Waals surface area contributed by atoms with Crippen molar-refractivity contribution in [3.63, 3.8) is 0 Å². The molecule has 0 radical (unpaired) electrons. The number of methoxy groups -OCH3 is 1. The number of piperidine rings is 1. The van der Waals surface area contributed by atoms with Gasteiger partial charge in [0.05, 0.1) is 6.20 Å². The highest BCUT2D eigenvalue weighted by Crippen LogP contribution is 2.26. The maximum absolute atomic E-state index is 13.0. The van der Waals surface area contributed by atoms with Crippen LogP contribution in [0.3, 0.4) is 0 Å². The molecule has 0 bridgehead atoms. The van der Waals surface area contributed by atoms with Crippen LogP contribution in [0.5, 0.6) is 0 Å². The Kier molecular flexibility index (Phi) is 6.06. The summed E-state index contributed by atoms with van der Waals surface area (Å²) in [5.74, 6) is 0.0415. The number of aryl methyl sites for hydroxylation is 1. The molecule has 0 N–H and O–H groups in total. The fraction of sp³-hybridized carbons (Fsp3) is 0.476. The molecule has 1 atom stereocenters. The van der Waals surface area contributed by atoms with Crippen molar-refractivity contribution >= 4 is 11.7 Å². The van der Waals surface area contributed by atoms with Gasteiger partial charge in [0, 0.05) is 51.4 Å². The van der Waals surface area contributed by atoms with E-state index in [1.807, 2.05) is 29.2 Å². The second-order valence-electron chi connectivity index (χ2n) is 7.09. The lowest BCUT2D eigenvalue weighted by molar-refractivity contribution is 0.0553. The number of carbonyl (C=O) groups is 2. The molecule has 1 saturated heterocycles. The van der Waals surface area contributed by atoms with Gasteiger partial charge in [-0.25, -0.2) is 0 Å². The molecular weight excluding hydrogens is 342 g/mol. The zero-order chi connectivity index (χ0) is 19.4. The van der Waals surface area contributed by atoms with Crippen LogP contribution >= 0.6 is 0 Å². The molecule has 3 rings (SSSR count). The van der Waals surface area contributed by atoms with Crippen LogP contribution in [0.15, 0.2) is 30.5 Å². The molecule has 27 heavy (non-hydrogen) atoms. The third-order valence-electron chi connectivity index (χ3n) is 5.26. The minimum atomic E-state index is -0.0283. The Morgan fingerprint density at radius 2 is 1.96 bits per heavy atom. The summed E-state index contributed by atoms with van der Waals surface area (Å²) in [6.07, 6.45) is 5.80. The Labute approximate surface area is 160 Å². The number of likely N-dealkylation sites (tertiary alicyclic amines) is 1. The number of hydrogen-bond acceptors (Lipinski definition) is 4. The zero-order valence-corrected chi connectivity index (χ0v) is 16.3. The van der Waals surface area contributed by atoms with E-state index < -0.39 is 0 Å². The summed E-state index contributed by atoms with van der Waals surface area (Å²) in [4.78, 5) is 26.9. The van der Waals surface area contributed by atoms with Crippen molar-refractivity contribution < 1.29 is 14.3 Å². The topological polar surface area (TPSA) is 64.4 Å². The first-order valence-corrected chi connectivity index (χ1v) is 9.46. The molecule has 0 aliphatic carbocycles. The molecule has 1 fully saturated rings. The number of carbonyl (C=O) groups excluding carboxylic acids is 2. The molecular formula is C21H27N3O3. The van der Waals surface area contributed by atoms with Gasteiger partial charge in [-0.3, -0.25) is 14.3 Å². The number of Topliss-reactive ketones (excluding diaryl/α,β-unsaturated/α-hetero) is 1. The summed E-state index contributed by atoms with van der Waals surface area (Å²) >= 11 is 0. The van der Waals surface area contributed by atoms with E-state index in [4.69, 9.17) is 4.74 Å². The largest absolute Gasteiger partial charge is 0.385 e. The summed E-state index contributed by atoms with van der Waals surface area (Å²) in [7, 11) is 3.45. The first-order valence-electron chi connectivity index (χ1n) is 9.46. The van der Waals surface area contributed by atoms with Crippen LogP contribution in [0.2, 0.25) is 0 Å². The Hall–Kier alpha value is -2.47. The third-order valence-corrected chi connectivity index (χ3v) is 5.26. The molecule has 2 heterocycles. The van der Waals surface area contributed by atoms with E-state index >= 15 is 0 Å². The second kappa shape index (κ2) is 8.48. The predicted octanol–water partition coefficient (Wildman–Crippen LogP) is 3.32. The molecule has 6 nitrogen and oxygen atoms in total. The fourth-order valence-corrected chi connectivity index (χ4v) is 3.85. The number of aromatic nitrogens is 2. The van der Waals surface area contributed by atoms with Crippen LogP contribution in [0, 0.1) is 0 Å². The Morgan fingerprint density at radius 1 is 1.22 bits per heavy atom. The first kappa shape index (κ1) is 19.3. The van der Waals surface area contributed by atoms with Crippen molar-refractivity contribution in [2.24, 2.45) is 7.05 Å². The lowest BCUT2D eigenvalue weighted by Crippen LogP contribution is -2.44. The molecule has 1 unspecified atom stereocenters. The molecule has 144 valence electrons. The maximum Gasteiger partial charge on any atom is 0.254 e. The van der Waals surface area contributed by atoms with E-state index in [0.29, 0.717) is 17.9 Å². The molecule has 1 aromatic carbocycles. The zero-order valence-electron chi connectivity index (χ0n) is 16.3. The fourth-order valence-electron chi connectivity index (χ4n) is 3.85. The lowest BCUT2D eigenvalue weighted by Gasteiger charge is -2.36. The van der Waals surface area contributed by atoms with Crippen LogP contribution in [0.25, 0.3) is 11.1 Å².